The van der Waals surface area contributed by atoms with E-state index in [2.05, 4.69) is 9.47 Å². The SMILES string of the molecule is COC(=O)c1ccc(C2CCC(c3ccc(C(=O)OC)c(F)c3)CC2)cc1F. The van der Waals surface area contributed by atoms with Crippen LogP contribution in [0.2, 0.25) is 0 Å². The lowest BCUT2D eigenvalue weighted by molar-refractivity contribution is 0.0586. The Bertz CT molecular complexity index is 813. The van der Waals surface area contributed by atoms with Crippen molar-refractivity contribution in [2.24, 2.45) is 0 Å². The van der Waals surface area contributed by atoms with E-state index in [1.165, 1.54) is 38.5 Å². The molecular formula is C22H22F2O4. The Morgan fingerprint density at radius 2 is 1.11 bits per heavy atom. The zero-order chi connectivity index (χ0) is 20.3. The predicted molar refractivity (Wildman–Crippen MR) is 99.4 cm³/mol. The molecule has 1 fully saturated rings. The summed E-state index contributed by atoms with van der Waals surface area (Å²) in [5, 5.41) is 0. The summed E-state index contributed by atoms with van der Waals surface area (Å²) in [5.41, 5.74) is 1.58. The van der Waals surface area contributed by atoms with Crippen molar-refractivity contribution in [2.75, 3.05) is 14.2 Å². The number of benzene rings is 2. The summed E-state index contributed by atoms with van der Waals surface area (Å²) in [6.07, 6.45) is 3.34. The second kappa shape index (κ2) is 8.50. The number of ether oxygens (including phenoxy) is 2. The Balaban J connectivity index is 1.68. The van der Waals surface area contributed by atoms with Crippen LogP contribution >= 0.6 is 0 Å². The van der Waals surface area contributed by atoms with Gasteiger partial charge < -0.3 is 9.47 Å². The largest absolute Gasteiger partial charge is 0.465 e. The van der Waals surface area contributed by atoms with E-state index in [0.29, 0.717) is 0 Å². The summed E-state index contributed by atoms with van der Waals surface area (Å²) >= 11 is 0. The molecular weight excluding hydrogens is 366 g/mol. The van der Waals surface area contributed by atoms with Gasteiger partial charge in [0.2, 0.25) is 0 Å². The van der Waals surface area contributed by atoms with Crippen molar-refractivity contribution in [3.8, 4) is 0 Å². The first-order valence-corrected chi connectivity index (χ1v) is 9.20. The Kier molecular flexibility index (Phi) is 6.07. The van der Waals surface area contributed by atoms with E-state index in [1.54, 1.807) is 12.1 Å². The van der Waals surface area contributed by atoms with Crippen LogP contribution in [0.1, 0.15) is 69.4 Å². The molecule has 3 rings (SSSR count). The first-order chi connectivity index (χ1) is 13.4. The van der Waals surface area contributed by atoms with Crippen molar-refractivity contribution in [1.82, 2.24) is 0 Å². The van der Waals surface area contributed by atoms with Crippen molar-refractivity contribution in [3.63, 3.8) is 0 Å². The van der Waals surface area contributed by atoms with E-state index in [1.807, 2.05) is 0 Å². The fraction of sp³-hybridized carbons (Fsp3) is 0.364. The molecule has 0 saturated heterocycles. The van der Waals surface area contributed by atoms with Crippen molar-refractivity contribution in [1.29, 1.82) is 0 Å². The molecule has 2 aromatic carbocycles. The Morgan fingerprint density at radius 3 is 1.39 bits per heavy atom. The molecule has 4 nitrogen and oxygen atoms in total. The van der Waals surface area contributed by atoms with Gasteiger partial charge in [0, 0.05) is 0 Å². The van der Waals surface area contributed by atoms with Crippen LogP contribution in [0.25, 0.3) is 0 Å². The molecule has 0 aliphatic heterocycles. The fourth-order valence-corrected chi connectivity index (χ4v) is 3.88. The van der Waals surface area contributed by atoms with Crippen LogP contribution in [0.5, 0.6) is 0 Å². The van der Waals surface area contributed by atoms with E-state index >= 15 is 0 Å². The molecule has 0 bridgehead atoms. The molecule has 148 valence electrons. The van der Waals surface area contributed by atoms with Gasteiger partial charge in [-0.15, -0.1) is 0 Å². The topological polar surface area (TPSA) is 52.6 Å². The third-order valence-corrected chi connectivity index (χ3v) is 5.47. The highest BCUT2D eigenvalue weighted by Gasteiger charge is 2.26. The highest BCUT2D eigenvalue weighted by atomic mass is 19.1. The molecule has 0 spiro atoms. The predicted octanol–water partition coefficient (Wildman–Crippen LogP) is 4.98. The van der Waals surface area contributed by atoms with E-state index < -0.39 is 23.6 Å². The van der Waals surface area contributed by atoms with Gasteiger partial charge in [0.05, 0.1) is 25.3 Å². The van der Waals surface area contributed by atoms with E-state index in [-0.39, 0.29) is 23.0 Å². The molecule has 0 amide bonds. The number of carbonyl (C=O) groups excluding carboxylic acids is 2. The summed E-state index contributed by atoms with van der Waals surface area (Å²) < 4.78 is 37.5. The second-order valence-corrected chi connectivity index (χ2v) is 7.01. The lowest BCUT2D eigenvalue weighted by Gasteiger charge is -2.29. The van der Waals surface area contributed by atoms with Gasteiger partial charge in [-0.1, -0.05) is 12.1 Å². The monoisotopic (exact) mass is 388 g/mol. The van der Waals surface area contributed by atoms with E-state index in [4.69, 9.17) is 0 Å². The molecule has 0 N–H and O–H groups in total. The highest BCUT2D eigenvalue weighted by molar-refractivity contribution is 5.90. The molecule has 0 heterocycles. The maximum atomic E-state index is 14.2. The number of halogens is 2. The summed E-state index contributed by atoms with van der Waals surface area (Å²) in [5.74, 6) is -2.15. The zero-order valence-electron chi connectivity index (χ0n) is 15.8. The van der Waals surface area contributed by atoms with Gasteiger partial charge in [-0.25, -0.2) is 18.4 Å². The normalized spacial score (nSPS) is 19.1. The van der Waals surface area contributed by atoms with Crippen molar-refractivity contribution >= 4 is 11.9 Å². The van der Waals surface area contributed by atoms with Gasteiger partial charge in [-0.3, -0.25) is 0 Å². The van der Waals surface area contributed by atoms with E-state index in [0.717, 1.165) is 36.8 Å². The van der Waals surface area contributed by atoms with Crippen LogP contribution in [-0.4, -0.2) is 26.2 Å². The maximum absolute atomic E-state index is 14.2. The zero-order valence-corrected chi connectivity index (χ0v) is 15.8. The summed E-state index contributed by atoms with van der Waals surface area (Å²) in [4.78, 5) is 23.0. The number of hydrogen-bond acceptors (Lipinski definition) is 4. The smallest absolute Gasteiger partial charge is 0.340 e. The molecule has 0 radical (unpaired) electrons. The number of esters is 2. The fourth-order valence-electron chi connectivity index (χ4n) is 3.88. The number of methoxy groups -OCH3 is 2. The average Bonchev–Trinajstić information content (AvgIpc) is 2.72. The minimum Gasteiger partial charge on any atom is -0.465 e. The van der Waals surface area contributed by atoms with Crippen LogP contribution in [0, 0.1) is 11.6 Å². The number of carbonyl (C=O) groups is 2. The molecule has 0 aromatic heterocycles. The number of rotatable bonds is 4. The molecule has 28 heavy (non-hydrogen) atoms. The lowest BCUT2D eigenvalue weighted by atomic mass is 9.76. The Hall–Kier alpha value is -2.76. The van der Waals surface area contributed by atoms with Gasteiger partial charge in [0.25, 0.3) is 0 Å². The van der Waals surface area contributed by atoms with E-state index in [9.17, 15) is 18.4 Å². The standard InChI is InChI=1S/C22H22F2O4/c1-27-21(25)17-9-7-15(11-19(17)23)13-3-5-14(6-4-13)16-8-10-18(20(24)12-16)22(26)28-2/h7-14H,3-6H2,1-2H3. The summed E-state index contributed by atoms with van der Waals surface area (Å²) in [6, 6.07) is 9.27. The minimum absolute atomic E-state index is 0.0684. The molecule has 0 atom stereocenters. The maximum Gasteiger partial charge on any atom is 0.340 e. The first kappa shape index (κ1) is 20.0. The molecule has 0 unspecified atom stereocenters. The van der Waals surface area contributed by atoms with Crippen LogP contribution in [0.3, 0.4) is 0 Å². The summed E-state index contributed by atoms with van der Waals surface area (Å²) in [7, 11) is 2.44. The highest BCUT2D eigenvalue weighted by Crippen LogP contribution is 2.41. The van der Waals surface area contributed by atoms with Crippen molar-refractivity contribution < 1.29 is 27.8 Å². The molecule has 1 aliphatic rings. The molecule has 1 saturated carbocycles. The van der Waals surface area contributed by atoms with Crippen LogP contribution in [0.15, 0.2) is 36.4 Å². The number of hydrogen-bond donors (Lipinski definition) is 0. The van der Waals surface area contributed by atoms with Gasteiger partial charge >= 0.3 is 11.9 Å². The molecule has 1 aliphatic carbocycles. The van der Waals surface area contributed by atoms with Crippen molar-refractivity contribution in [3.05, 3.63) is 70.3 Å². The summed E-state index contributed by atoms with van der Waals surface area (Å²) in [6.45, 7) is 0. The van der Waals surface area contributed by atoms with Crippen LogP contribution in [0.4, 0.5) is 8.78 Å². The van der Waals surface area contributed by atoms with Crippen LogP contribution in [-0.2, 0) is 9.47 Å². The van der Waals surface area contributed by atoms with Gasteiger partial charge in [-0.05, 0) is 72.9 Å². The third kappa shape index (κ3) is 4.06. The van der Waals surface area contributed by atoms with Gasteiger partial charge in [0.15, 0.2) is 0 Å². The van der Waals surface area contributed by atoms with Crippen molar-refractivity contribution in [2.45, 2.75) is 37.5 Å². The second-order valence-electron chi connectivity index (χ2n) is 7.01. The lowest BCUT2D eigenvalue weighted by Crippen LogP contribution is -2.14. The third-order valence-electron chi connectivity index (χ3n) is 5.47. The quantitative estimate of drug-likeness (QED) is 0.693. The van der Waals surface area contributed by atoms with Gasteiger partial charge in [0.1, 0.15) is 11.6 Å². The Morgan fingerprint density at radius 1 is 0.750 bits per heavy atom. The van der Waals surface area contributed by atoms with Gasteiger partial charge in [-0.2, -0.15) is 0 Å². The average molecular weight is 388 g/mol. The first-order valence-electron chi connectivity index (χ1n) is 9.20. The minimum atomic E-state index is -0.690. The molecule has 2 aromatic rings. The van der Waals surface area contributed by atoms with Crippen LogP contribution < -0.4 is 0 Å². The molecule has 6 heteroatoms. The Labute approximate surface area is 162 Å².